The lowest BCUT2D eigenvalue weighted by Gasteiger charge is -2.17. The fourth-order valence-electron chi connectivity index (χ4n) is 2.47. The summed E-state index contributed by atoms with van der Waals surface area (Å²) in [4.78, 5) is 12.5. The van der Waals surface area contributed by atoms with Crippen molar-refractivity contribution in [2.75, 3.05) is 7.05 Å². The number of non-ortho nitro benzene ring substituents is 1. The summed E-state index contributed by atoms with van der Waals surface area (Å²) in [5, 5.41) is 16.0. The largest absolute Gasteiger partial charge is 0.283 e. The van der Waals surface area contributed by atoms with Crippen LogP contribution < -0.4 is 0 Å². The molecule has 0 N–H and O–H groups in total. The highest BCUT2D eigenvalue weighted by Gasteiger charge is 2.11. The topological polar surface area (TPSA) is 64.2 Å². The van der Waals surface area contributed by atoms with E-state index in [1.54, 1.807) is 29.1 Å². The molecule has 0 unspecified atom stereocenters. The normalized spacial score (nSPS) is 11.3. The van der Waals surface area contributed by atoms with Crippen molar-refractivity contribution in [2.45, 2.75) is 13.2 Å². The van der Waals surface area contributed by atoms with Crippen LogP contribution in [-0.2, 0) is 13.2 Å². The van der Waals surface area contributed by atoms with Crippen LogP contribution in [0, 0.1) is 15.9 Å². The molecule has 3 rings (SSSR count). The molecule has 0 radical (unpaired) electrons. The van der Waals surface area contributed by atoms with Gasteiger partial charge in [-0.25, -0.2) is 4.39 Å². The van der Waals surface area contributed by atoms with E-state index in [1.807, 2.05) is 11.9 Å². The average Bonchev–Trinajstić information content (AvgIpc) is 2.92. The molecule has 1 heterocycles. The zero-order valence-corrected chi connectivity index (χ0v) is 12.5. The van der Waals surface area contributed by atoms with Crippen molar-refractivity contribution < 1.29 is 9.31 Å². The first-order valence-corrected chi connectivity index (χ1v) is 7.06. The first-order valence-electron chi connectivity index (χ1n) is 7.06. The molecule has 6 nitrogen and oxygen atoms in total. The lowest BCUT2D eigenvalue weighted by molar-refractivity contribution is -0.384. The van der Waals surface area contributed by atoms with Crippen molar-refractivity contribution in [2.24, 2.45) is 0 Å². The van der Waals surface area contributed by atoms with E-state index in [0.29, 0.717) is 18.7 Å². The van der Waals surface area contributed by atoms with Crippen LogP contribution in [0.25, 0.3) is 10.9 Å². The van der Waals surface area contributed by atoms with E-state index in [4.69, 9.17) is 0 Å². The van der Waals surface area contributed by atoms with Crippen LogP contribution in [0.15, 0.2) is 48.7 Å². The molecule has 0 aliphatic heterocycles. The molecule has 0 amide bonds. The van der Waals surface area contributed by atoms with Gasteiger partial charge >= 0.3 is 0 Å². The van der Waals surface area contributed by atoms with Crippen LogP contribution in [-0.4, -0.2) is 26.7 Å². The molecule has 0 fully saturated rings. The van der Waals surface area contributed by atoms with Gasteiger partial charge in [-0.1, -0.05) is 12.1 Å². The first kappa shape index (κ1) is 15.1. The van der Waals surface area contributed by atoms with Gasteiger partial charge in [-0.05, 0) is 30.8 Å². The van der Waals surface area contributed by atoms with Crippen molar-refractivity contribution in [1.29, 1.82) is 0 Å². The van der Waals surface area contributed by atoms with Crippen molar-refractivity contribution in [3.63, 3.8) is 0 Å². The Kier molecular flexibility index (Phi) is 4.03. The van der Waals surface area contributed by atoms with Crippen molar-refractivity contribution in [3.8, 4) is 0 Å². The summed E-state index contributed by atoms with van der Waals surface area (Å²) in [6.07, 6.45) is 1.69. The summed E-state index contributed by atoms with van der Waals surface area (Å²) >= 11 is 0. The van der Waals surface area contributed by atoms with Crippen molar-refractivity contribution in [1.82, 2.24) is 14.7 Å². The third-order valence-corrected chi connectivity index (χ3v) is 3.58. The number of benzene rings is 2. The summed E-state index contributed by atoms with van der Waals surface area (Å²) in [6, 6.07) is 11.0. The highest BCUT2D eigenvalue weighted by atomic mass is 19.1. The zero-order chi connectivity index (χ0) is 16.4. The molecule has 7 heteroatoms. The molecule has 0 atom stereocenters. The average molecular weight is 314 g/mol. The van der Waals surface area contributed by atoms with Crippen LogP contribution in [0.2, 0.25) is 0 Å². The summed E-state index contributed by atoms with van der Waals surface area (Å²) in [5.74, 6) is -0.262. The molecule has 0 aliphatic rings. The van der Waals surface area contributed by atoms with E-state index in [0.717, 1.165) is 10.9 Å². The van der Waals surface area contributed by atoms with Crippen LogP contribution >= 0.6 is 0 Å². The van der Waals surface area contributed by atoms with E-state index < -0.39 is 4.92 Å². The Bertz CT molecular complexity index is 845. The molecule has 0 saturated heterocycles. The van der Waals surface area contributed by atoms with Gasteiger partial charge in [0, 0.05) is 24.1 Å². The molecule has 3 aromatic rings. The van der Waals surface area contributed by atoms with Crippen LogP contribution in [0.4, 0.5) is 10.1 Å². The second kappa shape index (κ2) is 6.13. The maximum atomic E-state index is 12.9. The standard InChI is InChI=1S/C16H15FN4O2/c1-19(10-12-2-5-14(17)6-3-12)11-20-16-8-15(21(22)23)7-4-13(16)9-18-20/h2-9H,10-11H2,1H3. The lowest BCUT2D eigenvalue weighted by atomic mass is 10.2. The van der Waals surface area contributed by atoms with E-state index in [1.165, 1.54) is 24.3 Å². The Hall–Kier alpha value is -2.80. The van der Waals surface area contributed by atoms with Crippen LogP contribution in [0.3, 0.4) is 0 Å². The van der Waals surface area contributed by atoms with Gasteiger partial charge in [0.1, 0.15) is 5.82 Å². The summed E-state index contributed by atoms with van der Waals surface area (Å²) in [6.45, 7) is 1.10. The molecule has 23 heavy (non-hydrogen) atoms. The molecule has 2 aromatic carbocycles. The van der Waals surface area contributed by atoms with Gasteiger partial charge in [-0.3, -0.25) is 19.7 Å². The molecule has 0 bridgehead atoms. The highest BCUT2D eigenvalue weighted by molar-refractivity contribution is 5.80. The predicted octanol–water partition coefficient (Wildman–Crippen LogP) is 3.17. The number of rotatable bonds is 5. The molecule has 0 aliphatic carbocycles. The monoisotopic (exact) mass is 314 g/mol. The molecule has 118 valence electrons. The van der Waals surface area contributed by atoms with Crippen molar-refractivity contribution in [3.05, 3.63) is 70.2 Å². The minimum absolute atomic E-state index is 0.0421. The quantitative estimate of drug-likeness (QED) is 0.536. The number of nitro groups is 1. The van der Waals surface area contributed by atoms with Gasteiger partial charge in [0.2, 0.25) is 0 Å². The Morgan fingerprint density at radius 1 is 1.26 bits per heavy atom. The molecule has 1 aromatic heterocycles. The van der Waals surface area contributed by atoms with E-state index in [9.17, 15) is 14.5 Å². The number of hydrogen-bond donors (Lipinski definition) is 0. The Morgan fingerprint density at radius 2 is 2.00 bits per heavy atom. The summed E-state index contributed by atoms with van der Waals surface area (Å²) < 4.78 is 14.6. The second-order valence-corrected chi connectivity index (χ2v) is 5.43. The van der Waals surface area contributed by atoms with Gasteiger partial charge < -0.3 is 0 Å². The lowest BCUT2D eigenvalue weighted by Crippen LogP contribution is -2.22. The summed E-state index contributed by atoms with van der Waals surface area (Å²) in [5.41, 5.74) is 1.74. The summed E-state index contributed by atoms with van der Waals surface area (Å²) in [7, 11) is 1.91. The number of nitro benzene ring substituents is 1. The maximum Gasteiger partial charge on any atom is 0.271 e. The third-order valence-electron chi connectivity index (χ3n) is 3.58. The van der Waals surface area contributed by atoms with Gasteiger partial charge in [0.15, 0.2) is 0 Å². The van der Waals surface area contributed by atoms with Crippen LogP contribution in [0.5, 0.6) is 0 Å². The van der Waals surface area contributed by atoms with Gasteiger partial charge in [-0.2, -0.15) is 5.10 Å². The Balaban J connectivity index is 1.78. The van der Waals surface area contributed by atoms with Gasteiger partial charge in [0.25, 0.3) is 5.69 Å². The number of halogens is 1. The van der Waals surface area contributed by atoms with E-state index in [-0.39, 0.29) is 11.5 Å². The third kappa shape index (κ3) is 3.35. The fourth-order valence-corrected chi connectivity index (χ4v) is 2.47. The number of nitrogens with zero attached hydrogens (tertiary/aromatic N) is 4. The van der Waals surface area contributed by atoms with Gasteiger partial charge in [-0.15, -0.1) is 0 Å². The number of fused-ring (bicyclic) bond motifs is 1. The minimum atomic E-state index is -0.418. The SMILES string of the molecule is CN(Cc1ccc(F)cc1)Cn1ncc2ccc([N+](=O)[O-])cc21. The molecule has 0 spiro atoms. The van der Waals surface area contributed by atoms with Crippen molar-refractivity contribution >= 4 is 16.6 Å². The highest BCUT2D eigenvalue weighted by Crippen LogP contribution is 2.21. The first-order chi connectivity index (χ1) is 11.0. The number of aromatic nitrogens is 2. The maximum absolute atomic E-state index is 12.9. The Morgan fingerprint density at radius 3 is 2.70 bits per heavy atom. The minimum Gasteiger partial charge on any atom is -0.283 e. The second-order valence-electron chi connectivity index (χ2n) is 5.43. The fraction of sp³-hybridized carbons (Fsp3) is 0.188. The van der Waals surface area contributed by atoms with Crippen LogP contribution in [0.1, 0.15) is 5.56 Å². The zero-order valence-electron chi connectivity index (χ0n) is 12.5. The Labute approximate surface area is 131 Å². The van der Waals surface area contributed by atoms with E-state index in [2.05, 4.69) is 5.10 Å². The molecule has 0 saturated carbocycles. The van der Waals surface area contributed by atoms with Gasteiger partial charge in [0.05, 0.1) is 23.3 Å². The predicted molar refractivity (Wildman–Crippen MR) is 84.3 cm³/mol. The molecular weight excluding hydrogens is 299 g/mol. The smallest absolute Gasteiger partial charge is 0.271 e. The number of hydrogen-bond acceptors (Lipinski definition) is 4. The van der Waals surface area contributed by atoms with E-state index >= 15 is 0 Å². The molecular formula is C16H15FN4O2.